The number of hydrogen-bond donors (Lipinski definition) is 2. The minimum absolute atomic E-state index is 0.0397. The SMILES string of the molecule is COc1c([C@@H]2[C@@H](C(=O)Nc3ccnc(C(N)=O)c3)OC(C)(C)[C@@H]2C)ccc(F)c1C(F)F. The monoisotopic (exact) mass is 451 g/mol. The van der Waals surface area contributed by atoms with Crippen LogP contribution in [0.15, 0.2) is 30.5 Å². The summed E-state index contributed by atoms with van der Waals surface area (Å²) in [6, 6.07) is 5.06. The van der Waals surface area contributed by atoms with Gasteiger partial charge in [-0.2, -0.15) is 0 Å². The summed E-state index contributed by atoms with van der Waals surface area (Å²) in [6.07, 6.45) is -2.89. The zero-order chi connectivity index (χ0) is 23.8. The van der Waals surface area contributed by atoms with E-state index in [2.05, 4.69) is 10.3 Å². The van der Waals surface area contributed by atoms with Crippen LogP contribution in [0.25, 0.3) is 0 Å². The maximum absolute atomic E-state index is 14.1. The van der Waals surface area contributed by atoms with Crippen LogP contribution in [0.4, 0.5) is 18.9 Å². The molecule has 0 aliphatic carbocycles. The first-order valence-electron chi connectivity index (χ1n) is 9.87. The van der Waals surface area contributed by atoms with E-state index in [1.807, 2.05) is 6.92 Å². The van der Waals surface area contributed by atoms with Gasteiger partial charge in [-0.1, -0.05) is 13.0 Å². The second kappa shape index (κ2) is 8.78. The van der Waals surface area contributed by atoms with Crippen molar-refractivity contribution in [2.75, 3.05) is 12.4 Å². The smallest absolute Gasteiger partial charge is 0.270 e. The first-order chi connectivity index (χ1) is 15.0. The number of aromatic nitrogens is 1. The highest BCUT2D eigenvalue weighted by Crippen LogP contribution is 2.50. The topological polar surface area (TPSA) is 104 Å². The molecule has 3 atom stereocenters. The molecule has 0 saturated carbocycles. The highest BCUT2D eigenvalue weighted by Gasteiger charge is 2.51. The molecule has 10 heteroatoms. The molecule has 172 valence electrons. The van der Waals surface area contributed by atoms with Crippen LogP contribution < -0.4 is 15.8 Å². The summed E-state index contributed by atoms with van der Waals surface area (Å²) in [5, 5.41) is 2.65. The van der Waals surface area contributed by atoms with Crippen LogP contribution >= 0.6 is 0 Å². The van der Waals surface area contributed by atoms with E-state index in [1.165, 1.54) is 31.5 Å². The van der Waals surface area contributed by atoms with Gasteiger partial charge in [0, 0.05) is 23.4 Å². The standard InChI is InChI=1S/C22H24F3N3O4/c1-10-15(12-5-6-13(23)16(19(24)25)17(12)31-4)18(32-22(10,2)3)21(30)28-11-7-8-27-14(9-11)20(26)29/h5-10,15,18-19H,1-4H3,(H2,26,29)(H,27,28,30)/t10-,15-,18+/m1/s1. The van der Waals surface area contributed by atoms with E-state index in [0.29, 0.717) is 0 Å². The summed E-state index contributed by atoms with van der Waals surface area (Å²) in [5.41, 5.74) is 4.04. The Morgan fingerprint density at radius 3 is 2.56 bits per heavy atom. The Bertz CT molecular complexity index is 1050. The summed E-state index contributed by atoms with van der Waals surface area (Å²) in [4.78, 5) is 28.3. The molecule has 1 aromatic heterocycles. The minimum Gasteiger partial charge on any atom is -0.496 e. The fourth-order valence-electron chi connectivity index (χ4n) is 3.99. The fraction of sp³-hybridized carbons (Fsp3) is 0.409. The van der Waals surface area contributed by atoms with Crippen molar-refractivity contribution in [3.63, 3.8) is 0 Å². The molecule has 2 aromatic rings. The molecule has 1 saturated heterocycles. The molecule has 0 bridgehead atoms. The molecule has 0 spiro atoms. The largest absolute Gasteiger partial charge is 0.496 e. The number of primary amides is 1. The number of nitrogens with zero attached hydrogens (tertiary/aromatic N) is 1. The Labute approximate surface area is 183 Å². The van der Waals surface area contributed by atoms with Crippen LogP contribution in [0, 0.1) is 11.7 Å². The number of benzene rings is 1. The van der Waals surface area contributed by atoms with Crippen molar-refractivity contribution in [3.05, 3.63) is 53.1 Å². The zero-order valence-electron chi connectivity index (χ0n) is 18.0. The first kappa shape index (κ1) is 23.5. The van der Waals surface area contributed by atoms with Gasteiger partial charge in [0.2, 0.25) is 0 Å². The normalized spacial score (nSPS) is 22.1. The molecule has 0 radical (unpaired) electrons. The summed E-state index contributed by atoms with van der Waals surface area (Å²) in [5.74, 6) is -3.77. The summed E-state index contributed by atoms with van der Waals surface area (Å²) in [6.45, 7) is 5.37. The third-order valence-corrected chi connectivity index (χ3v) is 5.89. The van der Waals surface area contributed by atoms with E-state index in [-0.39, 0.29) is 28.6 Å². The Hall–Kier alpha value is -3.14. The lowest BCUT2D eigenvalue weighted by Crippen LogP contribution is -2.33. The van der Waals surface area contributed by atoms with Crippen molar-refractivity contribution in [1.82, 2.24) is 4.98 Å². The average Bonchev–Trinajstić information content (AvgIpc) is 2.97. The van der Waals surface area contributed by atoms with E-state index in [9.17, 15) is 22.8 Å². The molecule has 1 aliphatic rings. The van der Waals surface area contributed by atoms with E-state index < -0.39 is 47.2 Å². The van der Waals surface area contributed by atoms with E-state index in [0.717, 1.165) is 6.07 Å². The number of ether oxygens (including phenoxy) is 2. The number of alkyl halides is 2. The van der Waals surface area contributed by atoms with Crippen molar-refractivity contribution in [3.8, 4) is 5.75 Å². The van der Waals surface area contributed by atoms with Crippen LogP contribution in [0.3, 0.4) is 0 Å². The Morgan fingerprint density at radius 1 is 1.28 bits per heavy atom. The molecule has 3 N–H and O–H groups in total. The average molecular weight is 451 g/mol. The molecular weight excluding hydrogens is 427 g/mol. The van der Waals surface area contributed by atoms with Gasteiger partial charge in [-0.3, -0.25) is 14.6 Å². The first-order valence-corrected chi connectivity index (χ1v) is 9.87. The lowest BCUT2D eigenvalue weighted by molar-refractivity contribution is -0.131. The molecule has 2 heterocycles. The van der Waals surface area contributed by atoms with Crippen molar-refractivity contribution in [1.29, 1.82) is 0 Å². The Morgan fingerprint density at radius 2 is 1.97 bits per heavy atom. The lowest BCUT2D eigenvalue weighted by Gasteiger charge is -2.26. The molecule has 1 aliphatic heterocycles. The molecule has 0 unspecified atom stereocenters. The van der Waals surface area contributed by atoms with Gasteiger partial charge in [0.15, 0.2) is 0 Å². The number of nitrogens with two attached hydrogens (primary N) is 1. The van der Waals surface area contributed by atoms with Gasteiger partial charge < -0.3 is 20.5 Å². The summed E-state index contributed by atoms with van der Waals surface area (Å²) >= 11 is 0. The predicted molar refractivity (Wildman–Crippen MR) is 110 cm³/mol. The van der Waals surface area contributed by atoms with Crippen LogP contribution in [-0.4, -0.2) is 35.6 Å². The molecule has 2 amide bonds. The van der Waals surface area contributed by atoms with Gasteiger partial charge in [-0.25, -0.2) is 13.2 Å². The van der Waals surface area contributed by atoms with Crippen LogP contribution in [0.1, 0.15) is 54.7 Å². The number of halogens is 3. The predicted octanol–water partition coefficient (Wildman–Crippen LogP) is 3.80. The second-order valence-electron chi connectivity index (χ2n) is 8.12. The molecular formula is C22H24F3N3O4. The Kier molecular flexibility index (Phi) is 6.45. The van der Waals surface area contributed by atoms with Gasteiger partial charge in [-0.15, -0.1) is 0 Å². The number of methoxy groups -OCH3 is 1. The second-order valence-corrected chi connectivity index (χ2v) is 8.12. The number of amides is 2. The van der Waals surface area contributed by atoms with E-state index in [4.69, 9.17) is 15.2 Å². The van der Waals surface area contributed by atoms with Crippen LogP contribution in [0.2, 0.25) is 0 Å². The molecule has 32 heavy (non-hydrogen) atoms. The number of carbonyl (C=O) groups excluding carboxylic acids is 2. The van der Waals surface area contributed by atoms with Crippen LogP contribution in [0.5, 0.6) is 5.75 Å². The van der Waals surface area contributed by atoms with Crippen LogP contribution in [-0.2, 0) is 9.53 Å². The van der Waals surface area contributed by atoms with Gasteiger partial charge in [0.25, 0.3) is 18.2 Å². The number of hydrogen-bond acceptors (Lipinski definition) is 5. The summed E-state index contributed by atoms with van der Waals surface area (Å²) < 4.78 is 52.4. The van der Waals surface area contributed by atoms with Crippen molar-refractivity contribution in [2.45, 2.75) is 44.8 Å². The van der Waals surface area contributed by atoms with Gasteiger partial charge >= 0.3 is 0 Å². The molecule has 3 rings (SSSR count). The quantitative estimate of drug-likeness (QED) is 0.695. The maximum atomic E-state index is 14.1. The number of pyridine rings is 1. The molecule has 1 aromatic carbocycles. The number of nitrogens with one attached hydrogen (secondary N) is 1. The highest BCUT2D eigenvalue weighted by molar-refractivity contribution is 5.97. The number of rotatable bonds is 6. The van der Waals surface area contributed by atoms with Crippen molar-refractivity contribution in [2.24, 2.45) is 11.7 Å². The third kappa shape index (κ3) is 4.27. The Balaban J connectivity index is 2.03. The lowest BCUT2D eigenvalue weighted by atomic mass is 9.77. The highest BCUT2D eigenvalue weighted by atomic mass is 19.3. The number of carbonyl (C=O) groups is 2. The third-order valence-electron chi connectivity index (χ3n) is 5.89. The molecule has 7 nitrogen and oxygen atoms in total. The molecule has 1 fully saturated rings. The fourth-order valence-corrected chi connectivity index (χ4v) is 3.99. The van der Waals surface area contributed by atoms with Gasteiger partial charge in [0.1, 0.15) is 23.4 Å². The van der Waals surface area contributed by atoms with E-state index >= 15 is 0 Å². The number of anilines is 1. The maximum Gasteiger partial charge on any atom is 0.270 e. The van der Waals surface area contributed by atoms with Gasteiger partial charge in [0.05, 0.1) is 18.3 Å². The van der Waals surface area contributed by atoms with E-state index in [1.54, 1.807) is 13.8 Å². The summed E-state index contributed by atoms with van der Waals surface area (Å²) in [7, 11) is 1.17. The minimum atomic E-state index is -3.10. The van der Waals surface area contributed by atoms with Crippen molar-refractivity contribution >= 4 is 17.5 Å². The van der Waals surface area contributed by atoms with Gasteiger partial charge in [-0.05, 0) is 38.0 Å². The van der Waals surface area contributed by atoms with Crippen molar-refractivity contribution < 1.29 is 32.2 Å². The zero-order valence-corrected chi connectivity index (χ0v) is 18.0.